The number of hydrogen-bond donors (Lipinski definition) is 1. The Labute approximate surface area is 228 Å². The van der Waals surface area contributed by atoms with E-state index in [9.17, 15) is 9.59 Å². The van der Waals surface area contributed by atoms with Crippen LogP contribution in [0, 0.1) is 19.8 Å². The highest BCUT2D eigenvalue weighted by Crippen LogP contribution is 2.49. The second-order valence-corrected chi connectivity index (χ2v) is 11.6. The second kappa shape index (κ2) is 9.42. The van der Waals surface area contributed by atoms with E-state index < -0.39 is 5.41 Å². The van der Waals surface area contributed by atoms with Crippen LogP contribution >= 0.6 is 11.6 Å². The van der Waals surface area contributed by atoms with E-state index in [1.54, 1.807) is 16.9 Å². The summed E-state index contributed by atoms with van der Waals surface area (Å²) in [5.74, 6) is 1.41. The smallest absolute Gasteiger partial charge is 0.253 e. The molecule has 1 N–H and O–H groups in total. The molecular weight excluding hydrogens is 500 g/mol. The summed E-state index contributed by atoms with van der Waals surface area (Å²) < 4.78 is 1.80. The Morgan fingerprint density at radius 3 is 2.61 bits per heavy atom. The van der Waals surface area contributed by atoms with E-state index in [-0.39, 0.29) is 17.9 Å². The summed E-state index contributed by atoms with van der Waals surface area (Å²) in [4.78, 5) is 35.2. The van der Waals surface area contributed by atoms with Gasteiger partial charge >= 0.3 is 0 Å². The molecule has 3 aliphatic rings. The van der Waals surface area contributed by atoms with Gasteiger partial charge in [-0.1, -0.05) is 23.7 Å². The number of benzene rings is 1. The van der Waals surface area contributed by atoms with E-state index >= 15 is 0 Å². The van der Waals surface area contributed by atoms with E-state index in [1.807, 2.05) is 31.1 Å². The van der Waals surface area contributed by atoms with Gasteiger partial charge in [-0.2, -0.15) is 5.10 Å². The van der Waals surface area contributed by atoms with Crippen molar-refractivity contribution in [2.45, 2.75) is 51.0 Å². The molecule has 198 valence electrons. The summed E-state index contributed by atoms with van der Waals surface area (Å²) in [5.41, 5.74) is 4.08. The molecule has 6 rings (SSSR count). The highest BCUT2D eigenvalue weighted by atomic mass is 35.5. The predicted molar refractivity (Wildman–Crippen MR) is 148 cm³/mol. The molecule has 2 aromatic heterocycles. The quantitative estimate of drug-likeness (QED) is 0.533. The average molecular weight is 533 g/mol. The maximum absolute atomic E-state index is 14.0. The lowest BCUT2D eigenvalue weighted by molar-refractivity contribution is -0.124. The van der Waals surface area contributed by atoms with E-state index in [0.29, 0.717) is 35.3 Å². The summed E-state index contributed by atoms with van der Waals surface area (Å²) in [6.07, 6.45) is 7.22. The third-order valence-corrected chi connectivity index (χ3v) is 8.69. The molecule has 1 saturated carbocycles. The number of rotatable bonds is 5. The normalized spacial score (nSPS) is 21.9. The number of hydrogen-bond acceptors (Lipinski definition) is 5. The first-order chi connectivity index (χ1) is 18.2. The van der Waals surface area contributed by atoms with Gasteiger partial charge in [0.1, 0.15) is 5.41 Å². The Hall–Kier alpha value is -3.39. The number of carbonyl (C=O) groups is 2. The fourth-order valence-corrected chi connectivity index (χ4v) is 6.48. The molecule has 4 heterocycles. The molecule has 0 bridgehead atoms. The lowest BCUT2D eigenvalue weighted by Gasteiger charge is -2.47. The fraction of sp³-hybridized carbons (Fsp3) is 0.448. The highest BCUT2D eigenvalue weighted by molar-refractivity contribution is 6.30. The third-order valence-electron chi connectivity index (χ3n) is 8.48. The Bertz CT molecular complexity index is 1400. The lowest BCUT2D eigenvalue weighted by Crippen LogP contribution is -2.64. The van der Waals surface area contributed by atoms with Crippen LogP contribution in [0.3, 0.4) is 0 Å². The van der Waals surface area contributed by atoms with Gasteiger partial charge in [0.15, 0.2) is 5.82 Å². The van der Waals surface area contributed by atoms with Crippen LogP contribution in [0.15, 0.2) is 42.7 Å². The number of nitrogens with one attached hydrogen (secondary N) is 1. The molecule has 2 fully saturated rings. The van der Waals surface area contributed by atoms with Crippen LogP contribution in [-0.2, 0) is 17.3 Å². The maximum Gasteiger partial charge on any atom is 0.253 e. The van der Waals surface area contributed by atoms with Crippen LogP contribution in [0.2, 0.25) is 5.02 Å². The van der Waals surface area contributed by atoms with Gasteiger partial charge in [0.25, 0.3) is 5.91 Å². The average Bonchev–Trinajstić information content (AvgIpc) is 3.39. The largest absolute Gasteiger partial charge is 0.352 e. The zero-order chi connectivity index (χ0) is 26.6. The molecule has 3 aromatic rings. The van der Waals surface area contributed by atoms with E-state index in [2.05, 4.69) is 45.4 Å². The van der Waals surface area contributed by atoms with Crippen molar-refractivity contribution in [1.82, 2.24) is 20.1 Å². The first-order valence-electron chi connectivity index (χ1n) is 13.3. The van der Waals surface area contributed by atoms with Gasteiger partial charge in [-0.25, -0.2) is 0 Å². The van der Waals surface area contributed by atoms with Crippen LogP contribution < -0.4 is 15.1 Å². The molecular formula is C29H33ClN6O2. The number of carbonyl (C=O) groups excluding carboxylic acids is 2. The number of aryl methyl sites for hydroxylation is 3. The summed E-state index contributed by atoms with van der Waals surface area (Å²) in [6, 6.07) is 10.2. The predicted octanol–water partition coefficient (Wildman–Crippen LogP) is 4.18. The molecule has 2 aliphatic heterocycles. The first-order valence-corrected chi connectivity index (χ1v) is 13.7. The van der Waals surface area contributed by atoms with Crippen LogP contribution in [0.25, 0.3) is 0 Å². The number of halogens is 1. The van der Waals surface area contributed by atoms with Crippen LogP contribution in [0.1, 0.15) is 52.9 Å². The Morgan fingerprint density at radius 1 is 1.13 bits per heavy atom. The van der Waals surface area contributed by atoms with Crippen molar-refractivity contribution < 1.29 is 9.59 Å². The molecule has 38 heavy (non-hydrogen) atoms. The highest BCUT2D eigenvalue weighted by Gasteiger charge is 2.58. The van der Waals surface area contributed by atoms with Crippen molar-refractivity contribution >= 4 is 34.9 Å². The summed E-state index contributed by atoms with van der Waals surface area (Å²) >= 11 is 6.05. The van der Waals surface area contributed by atoms with Gasteiger partial charge in [0, 0.05) is 56.9 Å². The fourth-order valence-electron chi connectivity index (χ4n) is 6.33. The summed E-state index contributed by atoms with van der Waals surface area (Å²) in [5, 5.41) is 8.16. The minimum atomic E-state index is -0.491. The van der Waals surface area contributed by atoms with E-state index in [1.165, 1.54) is 0 Å². The molecule has 0 unspecified atom stereocenters. The van der Waals surface area contributed by atoms with Crippen LogP contribution in [0.5, 0.6) is 0 Å². The number of aromatic nitrogens is 3. The standard InChI is InChI=1S/C29H33ClN6O2/c1-18-4-9-24-25(12-18)36(28(38)29(24)16-35(17-29)26-10-11-34(3)33-26)15-20-5-7-22(8-6-20)32-27(37)23-13-21(30)14-31-19(23)2/h4,9-14,20,22H,5-8,15-17H2,1-3H3,(H,32,37)/t20-,22-. The van der Waals surface area contributed by atoms with Gasteiger partial charge in [-0.3, -0.25) is 19.3 Å². The Kier molecular flexibility index (Phi) is 6.17. The van der Waals surface area contributed by atoms with Crippen LogP contribution in [0.4, 0.5) is 11.5 Å². The molecule has 9 heteroatoms. The van der Waals surface area contributed by atoms with Gasteiger partial charge in [0.2, 0.25) is 5.91 Å². The number of anilines is 2. The van der Waals surface area contributed by atoms with Gasteiger partial charge in [0.05, 0.1) is 16.3 Å². The van der Waals surface area contributed by atoms with Gasteiger partial charge in [-0.05, 0) is 68.7 Å². The molecule has 1 aliphatic carbocycles. The summed E-state index contributed by atoms with van der Waals surface area (Å²) in [7, 11) is 1.91. The monoisotopic (exact) mass is 532 g/mol. The SMILES string of the molecule is Cc1ccc2c(c1)N(C[C@H]1CC[C@H](NC(=O)c3cc(Cl)cnc3C)CC1)C(=O)C21CN(c2ccn(C)n2)C1. The molecule has 1 saturated heterocycles. The minimum absolute atomic E-state index is 0.117. The number of fused-ring (bicyclic) bond motifs is 2. The van der Waals surface area contributed by atoms with Crippen molar-refractivity contribution in [3.05, 3.63) is 70.1 Å². The van der Waals surface area contributed by atoms with E-state index in [4.69, 9.17) is 11.6 Å². The second-order valence-electron chi connectivity index (χ2n) is 11.2. The number of amides is 2. The van der Waals surface area contributed by atoms with Gasteiger partial charge < -0.3 is 15.1 Å². The zero-order valence-corrected chi connectivity index (χ0v) is 22.8. The van der Waals surface area contributed by atoms with Crippen LogP contribution in [-0.4, -0.2) is 52.3 Å². The molecule has 0 radical (unpaired) electrons. The molecule has 0 atom stereocenters. The van der Waals surface area contributed by atoms with Crippen molar-refractivity contribution in [3.63, 3.8) is 0 Å². The Balaban J connectivity index is 1.12. The molecule has 8 nitrogen and oxygen atoms in total. The number of pyridine rings is 1. The minimum Gasteiger partial charge on any atom is -0.352 e. The zero-order valence-electron chi connectivity index (χ0n) is 22.1. The third kappa shape index (κ3) is 4.25. The maximum atomic E-state index is 14.0. The molecule has 1 aromatic carbocycles. The van der Waals surface area contributed by atoms with Gasteiger partial charge in [-0.15, -0.1) is 0 Å². The van der Waals surface area contributed by atoms with Crippen molar-refractivity contribution in [1.29, 1.82) is 0 Å². The first kappa shape index (κ1) is 24.9. The van der Waals surface area contributed by atoms with Crippen molar-refractivity contribution in [3.8, 4) is 0 Å². The molecule has 2 amide bonds. The number of nitrogens with zero attached hydrogens (tertiary/aromatic N) is 5. The Morgan fingerprint density at radius 2 is 1.89 bits per heavy atom. The van der Waals surface area contributed by atoms with E-state index in [0.717, 1.165) is 54.9 Å². The summed E-state index contributed by atoms with van der Waals surface area (Å²) in [6.45, 7) is 5.94. The molecule has 1 spiro atoms. The van der Waals surface area contributed by atoms with Crippen molar-refractivity contribution in [2.24, 2.45) is 13.0 Å². The lowest BCUT2D eigenvalue weighted by atomic mass is 9.74. The van der Waals surface area contributed by atoms with Crippen molar-refractivity contribution in [2.75, 3.05) is 29.4 Å². The topological polar surface area (TPSA) is 83.4 Å².